The number of phenols is 1. The fraction of sp³-hybridized carbons (Fsp3) is 0.308. The Morgan fingerprint density at radius 3 is 2.41 bits per heavy atom. The van der Waals surface area contributed by atoms with Crippen molar-refractivity contribution < 1.29 is 5.11 Å². The number of hydrogen-bond acceptors (Lipinski definition) is 2. The Labute approximate surface area is 106 Å². The number of rotatable bonds is 3. The van der Waals surface area contributed by atoms with Gasteiger partial charge < -0.3 is 5.11 Å². The van der Waals surface area contributed by atoms with Crippen LogP contribution < -0.4 is 0 Å². The molecule has 0 saturated heterocycles. The van der Waals surface area contributed by atoms with Crippen molar-refractivity contribution in [2.75, 3.05) is 0 Å². The monoisotopic (exact) mass is 250 g/mol. The van der Waals surface area contributed by atoms with Gasteiger partial charge >= 0.3 is 0 Å². The minimum Gasteiger partial charge on any atom is -0.508 e. The van der Waals surface area contributed by atoms with Crippen LogP contribution in [0.15, 0.2) is 24.3 Å². The van der Waals surface area contributed by atoms with Gasteiger partial charge in [0.25, 0.3) is 0 Å². The second-order valence-electron chi connectivity index (χ2n) is 4.11. The zero-order chi connectivity index (χ0) is 12.4. The first-order valence-electron chi connectivity index (χ1n) is 5.48. The maximum Gasteiger partial charge on any atom is 0.115 e. The van der Waals surface area contributed by atoms with Crippen LogP contribution in [0.5, 0.6) is 5.75 Å². The Morgan fingerprint density at radius 1 is 1.24 bits per heavy atom. The maximum absolute atomic E-state index is 9.22. The van der Waals surface area contributed by atoms with Gasteiger partial charge in [0.05, 0.1) is 18.1 Å². The number of halogens is 1. The molecule has 1 aromatic carbocycles. The summed E-state index contributed by atoms with van der Waals surface area (Å²) in [5.74, 6) is 0.774. The van der Waals surface area contributed by atoms with Crippen molar-refractivity contribution in [2.24, 2.45) is 0 Å². The smallest absolute Gasteiger partial charge is 0.115 e. The van der Waals surface area contributed by atoms with Crippen LogP contribution in [0.2, 0.25) is 0 Å². The zero-order valence-electron chi connectivity index (χ0n) is 9.94. The molecule has 2 rings (SSSR count). The molecule has 0 amide bonds. The summed E-state index contributed by atoms with van der Waals surface area (Å²) in [4.78, 5) is 0. The highest BCUT2D eigenvalue weighted by Gasteiger charge is 2.10. The van der Waals surface area contributed by atoms with Crippen molar-refractivity contribution in [3.8, 4) is 5.75 Å². The van der Waals surface area contributed by atoms with Gasteiger partial charge in [0, 0.05) is 11.3 Å². The highest BCUT2D eigenvalue weighted by atomic mass is 35.5. The molecule has 2 aromatic rings. The number of hydrogen-bond donors (Lipinski definition) is 1. The highest BCUT2D eigenvalue weighted by Crippen LogP contribution is 2.17. The van der Waals surface area contributed by atoms with Crippen LogP contribution in [0.1, 0.15) is 22.5 Å². The standard InChI is InChI=1S/C13H15ClN2O/c1-9-13(7-14)10(2)16(15-9)8-11-3-5-12(17)6-4-11/h3-6,17H,7-8H2,1-2H3. The van der Waals surface area contributed by atoms with Crippen LogP contribution >= 0.6 is 11.6 Å². The van der Waals surface area contributed by atoms with E-state index in [1.54, 1.807) is 12.1 Å². The molecule has 4 heteroatoms. The SMILES string of the molecule is Cc1nn(Cc2ccc(O)cc2)c(C)c1CCl. The van der Waals surface area contributed by atoms with E-state index in [0.717, 1.165) is 22.5 Å². The molecule has 1 aromatic heterocycles. The first-order valence-corrected chi connectivity index (χ1v) is 6.02. The van der Waals surface area contributed by atoms with Crippen LogP contribution in [0.3, 0.4) is 0 Å². The van der Waals surface area contributed by atoms with Crippen molar-refractivity contribution in [1.82, 2.24) is 9.78 Å². The van der Waals surface area contributed by atoms with E-state index in [1.807, 2.05) is 30.7 Å². The number of phenolic OH excluding ortho intramolecular Hbond substituents is 1. The van der Waals surface area contributed by atoms with Crippen molar-refractivity contribution in [3.63, 3.8) is 0 Å². The third-order valence-corrected chi connectivity index (χ3v) is 3.20. The summed E-state index contributed by atoms with van der Waals surface area (Å²) in [5.41, 5.74) is 4.29. The van der Waals surface area contributed by atoms with Crippen molar-refractivity contribution in [3.05, 3.63) is 46.8 Å². The quantitative estimate of drug-likeness (QED) is 0.851. The van der Waals surface area contributed by atoms with Gasteiger partial charge in [-0.3, -0.25) is 4.68 Å². The van der Waals surface area contributed by atoms with E-state index in [4.69, 9.17) is 11.6 Å². The number of benzene rings is 1. The molecule has 0 aliphatic rings. The van der Waals surface area contributed by atoms with E-state index in [-0.39, 0.29) is 5.75 Å². The molecular formula is C13H15ClN2O. The average molecular weight is 251 g/mol. The predicted octanol–water partition coefficient (Wildman–Crippen LogP) is 2.99. The lowest BCUT2D eigenvalue weighted by molar-refractivity contribution is 0.475. The van der Waals surface area contributed by atoms with Gasteiger partial charge in [0.15, 0.2) is 0 Å². The van der Waals surface area contributed by atoms with Gasteiger partial charge in [-0.05, 0) is 31.5 Å². The molecule has 0 radical (unpaired) electrons. The van der Waals surface area contributed by atoms with Crippen LogP contribution in [0.4, 0.5) is 0 Å². The van der Waals surface area contributed by atoms with Crippen LogP contribution in [-0.4, -0.2) is 14.9 Å². The van der Waals surface area contributed by atoms with E-state index in [0.29, 0.717) is 12.4 Å². The average Bonchev–Trinajstić information content (AvgIpc) is 2.57. The van der Waals surface area contributed by atoms with Gasteiger partial charge in [-0.15, -0.1) is 11.6 Å². The van der Waals surface area contributed by atoms with Gasteiger partial charge in [-0.1, -0.05) is 12.1 Å². The Bertz CT molecular complexity index is 517. The summed E-state index contributed by atoms with van der Waals surface area (Å²) >= 11 is 5.89. The molecule has 90 valence electrons. The van der Waals surface area contributed by atoms with Gasteiger partial charge in [-0.25, -0.2) is 0 Å². The van der Waals surface area contributed by atoms with E-state index < -0.39 is 0 Å². The van der Waals surface area contributed by atoms with Gasteiger partial charge in [0.2, 0.25) is 0 Å². The fourth-order valence-corrected chi connectivity index (χ4v) is 2.24. The molecule has 0 atom stereocenters. The molecule has 0 aliphatic carbocycles. The molecule has 0 spiro atoms. The zero-order valence-corrected chi connectivity index (χ0v) is 10.7. The van der Waals surface area contributed by atoms with E-state index >= 15 is 0 Å². The normalized spacial score (nSPS) is 10.8. The van der Waals surface area contributed by atoms with E-state index in [1.165, 1.54) is 0 Å². The molecule has 3 nitrogen and oxygen atoms in total. The van der Waals surface area contributed by atoms with Crippen LogP contribution in [0.25, 0.3) is 0 Å². The summed E-state index contributed by atoms with van der Waals surface area (Å²) in [7, 11) is 0. The third kappa shape index (κ3) is 2.44. The number of alkyl halides is 1. The summed E-state index contributed by atoms with van der Waals surface area (Å²) in [5, 5.41) is 13.7. The lowest BCUT2D eigenvalue weighted by Gasteiger charge is -2.05. The van der Waals surface area contributed by atoms with Crippen molar-refractivity contribution >= 4 is 11.6 Å². The molecule has 0 bridgehead atoms. The summed E-state index contributed by atoms with van der Waals surface area (Å²) < 4.78 is 1.94. The molecule has 0 fully saturated rings. The van der Waals surface area contributed by atoms with E-state index in [2.05, 4.69) is 5.10 Å². The van der Waals surface area contributed by atoms with Gasteiger partial charge in [-0.2, -0.15) is 5.10 Å². The lowest BCUT2D eigenvalue weighted by Crippen LogP contribution is -2.04. The first-order chi connectivity index (χ1) is 8.11. The first kappa shape index (κ1) is 12.0. The summed E-state index contributed by atoms with van der Waals surface area (Å²) in [6, 6.07) is 7.16. The summed E-state index contributed by atoms with van der Waals surface area (Å²) in [6.45, 7) is 4.69. The minimum absolute atomic E-state index is 0.281. The van der Waals surface area contributed by atoms with Crippen LogP contribution in [0, 0.1) is 13.8 Å². The fourth-order valence-electron chi connectivity index (χ4n) is 1.86. The molecular weight excluding hydrogens is 236 g/mol. The molecule has 1 N–H and O–H groups in total. The second-order valence-corrected chi connectivity index (χ2v) is 4.37. The lowest BCUT2D eigenvalue weighted by atomic mass is 10.2. The molecule has 17 heavy (non-hydrogen) atoms. The van der Waals surface area contributed by atoms with Crippen molar-refractivity contribution in [2.45, 2.75) is 26.3 Å². The van der Waals surface area contributed by atoms with Gasteiger partial charge in [0.1, 0.15) is 5.75 Å². The van der Waals surface area contributed by atoms with E-state index in [9.17, 15) is 5.11 Å². The molecule has 0 aliphatic heterocycles. The number of aromatic nitrogens is 2. The minimum atomic E-state index is 0.281. The third-order valence-electron chi connectivity index (χ3n) is 2.93. The summed E-state index contributed by atoms with van der Waals surface area (Å²) in [6.07, 6.45) is 0. The predicted molar refractivity (Wildman–Crippen MR) is 68.5 cm³/mol. The van der Waals surface area contributed by atoms with Crippen molar-refractivity contribution in [1.29, 1.82) is 0 Å². The highest BCUT2D eigenvalue weighted by molar-refractivity contribution is 6.17. The number of nitrogens with zero attached hydrogens (tertiary/aromatic N) is 2. The Morgan fingerprint density at radius 2 is 1.88 bits per heavy atom. The Hall–Kier alpha value is -1.48. The number of aromatic hydroxyl groups is 1. The second kappa shape index (κ2) is 4.80. The molecule has 0 saturated carbocycles. The number of aryl methyl sites for hydroxylation is 1. The Kier molecular flexibility index (Phi) is 3.38. The molecule has 1 heterocycles. The topological polar surface area (TPSA) is 38.0 Å². The largest absolute Gasteiger partial charge is 0.508 e. The molecule has 0 unspecified atom stereocenters. The Balaban J connectivity index is 2.27. The van der Waals surface area contributed by atoms with Crippen LogP contribution in [-0.2, 0) is 12.4 Å². The maximum atomic E-state index is 9.22.